The molecular weight excluding hydrogens is 323 g/mol. The molecule has 6 heteroatoms. The zero-order valence-corrected chi connectivity index (χ0v) is 15.5. The Labute approximate surface area is 148 Å². The van der Waals surface area contributed by atoms with Crippen LogP contribution in [0.3, 0.4) is 0 Å². The normalized spacial score (nSPS) is 9.08. The lowest BCUT2D eigenvalue weighted by atomic mass is 10.0. The molecule has 2 N–H and O–H groups in total. The number of rotatable bonds is 3. The summed E-state index contributed by atoms with van der Waals surface area (Å²) in [6.45, 7) is 11.0. The molecule has 25 heavy (non-hydrogen) atoms. The summed E-state index contributed by atoms with van der Waals surface area (Å²) in [7, 11) is 0. The third-order valence-electron chi connectivity index (χ3n) is 2.85. The number of esters is 1. The first kappa shape index (κ1) is 22.2. The van der Waals surface area contributed by atoms with Crippen molar-refractivity contribution in [3.05, 3.63) is 47.4 Å². The molecule has 1 heterocycles. The number of aromatic nitrogens is 1. The largest absolute Gasteiger partial charge is 0.408 e. The Kier molecular flexibility index (Phi) is 9.71. The highest BCUT2D eigenvalue weighted by atomic mass is 19.1. The topological polar surface area (TPSA) is 82.3 Å². The molecule has 0 saturated carbocycles. The molecule has 0 radical (unpaired) electrons. The minimum Gasteiger partial charge on any atom is -0.408 e. The first-order chi connectivity index (χ1) is 11.9. The SMILES string of the molecule is CC.CC.CC(=O)Oc1ccc(-c2ccc(F)c(C(N)=O)c2)c(C)n1. The van der Waals surface area contributed by atoms with Crippen molar-refractivity contribution in [3.8, 4) is 17.0 Å². The Morgan fingerprint density at radius 1 is 1.08 bits per heavy atom. The number of nitrogens with two attached hydrogens (primary N) is 1. The Bertz CT molecular complexity index is 731. The standard InChI is InChI=1S/C15H13FN2O3.2C2H6/c1-8-11(4-6-14(18-8)21-9(2)19)10-3-5-13(16)12(7-10)15(17)20;2*1-2/h3-7H,1-2H3,(H2,17,20);2*1-2H3. The second kappa shape index (κ2) is 10.9. The van der Waals surface area contributed by atoms with Crippen LogP contribution in [0.1, 0.15) is 50.7 Å². The van der Waals surface area contributed by atoms with Gasteiger partial charge < -0.3 is 10.5 Å². The van der Waals surface area contributed by atoms with E-state index in [1.165, 1.54) is 31.2 Å². The molecule has 0 bridgehead atoms. The molecule has 1 aromatic heterocycles. The Hall–Kier alpha value is -2.76. The zero-order valence-electron chi connectivity index (χ0n) is 15.5. The monoisotopic (exact) mass is 348 g/mol. The van der Waals surface area contributed by atoms with E-state index in [9.17, 15) is 14.0 Å². The van der Waals surface area contributed by atoms with Gasteiger partial charge in [0.05, 0.1) is 5.56 Å². The molecule has 136 valence electrons. The lowest BCUT2D eigenvalue weighted by Crippen LogP contribution is -2.13. The third kappa shape index (κ3) is 6.33. The zero-order chi connectivity index (χ0) is 19.6. The number of nitrogens with zero attached hydrogens (tertiary/aromatic N) is 1. The summed E-state index contributed by atoms with van der Waals surface area (Å²) >= 11 is 0. The number of halogens is 1. The molecule has 1 aromatic carbocycles. The van der Waals surface area contributed by atoms with E-state index in [4.69, 9.17) is 10.5 Å². The maximum absolute atomic E-state index is 13.5. The van der Waals surface area contributed by atoms with Crippen LogP contribution in [0.2, 0.25) is 0 Å². The Morgan fingerprint density at radius 2 is 1.68 bits per heavy atom. The molecule has 0 atom stereocenters. The molecule has 2 aromatic rings. The van der Waals surface area contributed by atoms with Crippen LogP contribution in [0, 0.1) is 12.7 Å². The summed E-state index contributed by atoms with van der Waals surface area (Å²) in [5, 5.41) is 0. The van der Waals surface area contributed by atoms with Crippen LogP contribution in [0.25, 0.3) is 11.1 Å². The van der Waals surface area contributed by atoms with Gasteiger partial charge in [-0.05, 0) is 30.7 Å². The number of hydrogen-bond acceptors (Lipinski definition) is 4. The smallest absolute Gasteiger partial charge is 0.309 e. The Morgan fingerprint density at radius 3 is 2.16 bits per heavy atom. The molecule has 0 fully saturated rings. The van der Waals surface area contributed by atoms with E-state index in [2.05, 4.69) is 4.98 Å². The number of amides is 1. The van der Waals surface area contributed by atoms with Crippen molar-refractivity contribution in [1.82, 2.24) is 4.98 Å². The van der Waals surface area contributed by atoms with Crippen LogP contribution in [-0.4, -0.2) is 16.9 Å². The van der Waals surface area contributed by atoms with Gasteiger partial charge in [0.15, 0.2) is 0 Å². The van der Waals surface area contributed by atoms with Crippen LogP contribution < -0.4 is 10.5 Å². The first-order valence-electron chi connectivity index (χ1n) is 8.14. The molecule has 0 aliphatic carbocycles. The molecule has 0 aliphatic heterocycles. The van der Waals surface area contributed by atoms with Gasteiger partial charge in [-0.3, -0.25) is 9.59 Å². The van der Waals surface area contributed by atoms with E-state index in [1.54, 1.807) is 13.0 Å². The number of primary amides is 1. The quantitative estimate of drug-likeness (QED) is 0.840. The first-order valence-corrected chi connectivity index (χ1v) is 8.14. The number of ether oxygens (including phenoxy) is 1. The van der Waals surface area contributed by atoms with E-state index in [0.717, 1.165) is 0 Å². The van der Waals surface area contributed by atoms with Crippen LogP contribution >= 0.6 is 0 Å². The van der Waals surface area contributed by atoms with Crippen molar-refractivity contribution in [1.29, 1.82) is 0 Å². The maximum atomic E-state index is 13.5. The van der Waals surface area contributed by atoms with Gasteiger partial charge >= 0.3 is 5.97 Å². The van der Waals surface area contributed by atoms with Crippen molar-refractivity contribution in [2.75, 3.05) is 0 Å². The molecule has 0 spiro atoms. The minimum atomic E-state index is -0.837. The van der Waals surface area contributed by atoms with Gasteiger partial charge in [0.1, 0.15) is 5.82 Å². The number of carbonyl (C=O) groups is 2. The molecule has 1 amide bonds. The van der Waals surface area contributed by atoms with Gasteiger partial charge in [-0.2, -0.15) is 0 Å². The fourth-order valence-corrected chi connectivity index (χ4v) is 1.93. The fraction of sp³-hybridized carbons (Fsp3) is 0.316. The van der Waals surface area contributed by atoms with Crippen LogP contribution in [0.5, 0.6) is 5.88 Å². The predicted molar refractivity (Wildman–Crippen MR) is 96.9 cm³/mol. The number of hydrogen-bond donors (Lipinski definition) is 1. The van der Waals surface area contributed by atoms with E-state index in [1.807, 2.05) is 27.7 Å². The van der Waals surface area contributed by atoms with Crippen molar-refractivity contribution in [2.45, 2.75) is 41.5 Å². The number of benzene rings is 1. The highest BCUT2D eigenvalue weighted by Gasteiger charge is 2.12. The van der Waals surface area contributed by atoms with Crippen molar-refractivity contribution in [3.63, 3.8) is 0 Å². The molecule has 5 nitrogen and oxygen atoms in total. The van der Waals surface area contributed by atoms with E-state index in [-0.39, 0.29) is 11.4 Å². The second-order valence-corrected chi connectivity index (χ2v) is 4.43. The number of carbonyl (C=O) groups excluding carboxylic acids is 2. The summed E-state index contributed by atoms with van der Waals surface area (Å²) in [6.07, 6.45) is 0. The van der Waals surface area contributed by atoms with Crippen molar-refractivity contribution in [2.24, 2.45) is 5.73 Å². The minimum absolute atomic E-state index is 0.181. The fourth-order valence-electron chi connectivity index (χ4n) is 1.93. The van der Waals surface area contributed by atoms with Gasteiger partial charge in [-0.1, -0.05) is 33.8 Å². The van der Waals surface area contributed by atoms with Crippen molar-refractivity contribution < 1.29 is 18.7 Å². The Balaban J connectivity index is 0.00000134. The van der Waals surface area contributed by atoms with Crippen LogP contribution in [0.15, 0.2) is 30.3 Å². The van der Waals surface area contributed by atoms with Gasteiger partial charge in [-0.25, -0.2) is 9.37 Å². The summed E-state index contributed by atoms with van der Waals surface area (Å²) in [4.78, 5) is 26.2. The maximum Gasteiger partial charge on any atom is 0.309 e. The molecule has 0 saturated heterocycles. The van der Waals surface area contributed by atoms with Gasteiger partial charge in [0.2, 0.25) is 5.88 Å². The second-order valence-electron chi connectivity index (χ2n) is 4.43. The highest BCUT2D eigenvalue weighted by molar-refractivity contribution is 5.94. The van der Waals surface area contributed by atoms with E-state index >= 15 is 0 Å². The summed E-state index contributed by atoms with van der Waals surface area (Å²) in [5.41, 5.74) is 6.81. The van der Waals surface area contributed by atoms with Crippen LogP contribution in [0.4, 0.5) is 4.39 Å². The lowest BCUT2D eigenvalue weighted by molar-refractivity contribution is -0.132. The predicted octanol–water partition coefficient (Wildman–Crippen LogP) is 4.27. The van der Waals surface area contributed by atoms with Crippen molar-refractivity contribution >= 4 is 11.9 Å². The summed E-state index contributed by atoms with van der Waals surface area (Å²) < 4.78 is 18.4. The van der Waals surface area contributed by atoms with E-state index in [0.29, 0.717) is 16.8 Å². The third-order valence-corrected chi connectivity index (χ3v) is 2.85. The summed E-state index contributed by atoms with van der Waals surface area (Å²) in [5.74, 6) is -1.79. The molecule has 0 unspecified atom stereocenters. The van der Waals surface area contributed by atoms with Crippen LogP contribution in [-0.2, 0) is 4.79 Å². The highest BCUT2D eigenvalue weighted by Crippen LogP contribution is 2.26. The lowest BCUT2D eigenvalue weighted by Gasteiger charge is -2.09. The molecular formula is C19H25FN2O3. The van der Waals surface area contributed by atoms with Gasteiger partial charge in [-0.15, -0.1) is 0 Å². The molecule has 0 aliphatic rings. The van der Waals surface area contributed by atoms with E-state index < -0.39 is 17.7 Å². The molecule has 2 rings (SSSR count). The summed E-state index contributed by atoms with van der Waals surface area (Å²) in [6, 6.07) is 7.27. The number of aryl methyl sites for hydroxylation is 1. The van der Waals surface area contributed by atoms with Gasteiger partial charge in [0, 0.05) is 24.2 Å². The number of pyridine rings is 1. The van der Waals surface area contributed by atoms with Gasteiger partial charge in [0.25, 0.3) is 5.91 Å². The average molecular weight is 348 g/mol. The average Bonchev–Trinajstić information content (AvgIpc) is 2.58.